The third-order valence-corrected chi connectivity index (χ3v) is 3.32. The predicted molar refractivity (Wildman–Crippen MR) is 77.2 cm³/mol. The highest BCUT2D eigenvalue weighted by molar-refractivity contribution is 5.99. The van der Waals surface area contributed by atoms with Crippen molar-refractivity contribution in [2.45, 2.75) is 13.0 Å². The summed E-state index contributed by atoms with van der Waals surface area (Å²) in [4.78, 5) is 24.0. The molecule has 112 valence electrons. The SMILES string of the molecule is CCN1C(C(=O)OC)C(C(=O)OC)=CN1c1ccccc1. The molecule has 1 unspecified atom stereocenters. The molecule has 1 heterocycles. The fraction of sp³-hybridized carbons (Fsp3) is 0.333. The van der Waals surface area contributed by atoms with Gasteiger partial charge >= 0.3 is 11.9 Å². The molecule has 6 heteroatoms. The number of esters is 2. The van der Waals surface area contributed by atoms with E-state index in [-0.39, 0.29) is 5.57 Å². The average molecular weight is 290 g/mol. The summed E-state index contributed by atoms with van der Waals surface area (Å²) < 4.78 is 9.59. The number of hydrazine groups is 1. The van der Waals surface area contributed by atoms with E-state index in [4.69, 9.17) is 9.47 Å². The lowest BCUT2D eigenvalue weighted by Gasteiger charge is -2.31. The van der Waals surface area contributed by atoms with Gasteiger partial charge in [-0.15, -0.1) is 0 Å². The Balaban J connectivity index is 2.44. The van der Waals surface area contributed by atoms with Gasteiger partial charge in [0.25, 0.3) is 0 Å². The number of carbonyl (C=O) groups excluding carboxylic acids is 2. The van der Waals surface area contributed by atoms with Crippen molar-refractivity contribution in [3.63, 3.8) is 0 Å². The number of methoxy groups -OCH3 is 2. The standard InChI is InChI=1S/C15H18N2O4/c1-4-16-13(15(19)21-3)12(14(18)20-2)10-17(16)11-8-6-5-7-9-11/h5-10,13H,4H2,1-3H3. The smallest absolute Gasteiger partial charge is 0.337 e. The highest BCUT2D eigenvalue weighted by Crippen LogP contribution is 2.29. The van der Waals surface area contributed by atoms with Crippen LogP contribution in [0.2, 0.25) is 0 Å². The van der Waals surface area contributed by atoms with Gasteiger partial charge in [-0.3, -0.25) is 5.01 Å². The highest BCUT2D eigenvalue weighted by Gasteiger charge is 2.42. The Morgan fingerprint density at radius 1 is 1.14 bits per heavy atom. The van der Waals surface area contributed by atoms with Crippen molar-refractivity contribution in [3.8, 4) is 0 Å². The fourth-order valence-electron chi connectivity index (χ4n) is 2.34. The van der Waals surface area contributed by atoms with Crippen LogP contribution in [-0.2, 0) is 19.1 Å². The van der Waals surface area contributed by atoms with Crippen molar-refractivity contribution >= 4 is 17.6 Å². The van der Waals surface area contributed by atoms with Gasteiger partial charge in [0.05, 0.1) is 25.5 Å². The first kappa shape index (κ1) is 15.1. The minimum Gasteiger partial charge on any atom is -0.468 e. The monoisotopic (exact) mass is 290 g/mol. The van der Waals surface area contributed by atoms with Crippen LogP contribution in [0.4, 0.5) is 5.69 Å². The first-order valence-corrected chi connectivity index (χ1v) is 6.62. The lowest BCUT2D eigenvalue weighted by molar-refractivity contribution is -0.148. The summed E-state index contributed by atoms with van der Waals surface area (Å²) in [6.07, 6.45) is 1.62. The topological polar surface area (TPSA) is 59.1 Å². The number of para-hydroxylation sites is 1. The Morgan fingerprint density at radius 3 is 2.33 bits per heavy atom. The van der Waals surface area contributed by atoms with Crippen molar-refractivity contribution < 1.29 is 19.1 Å². The van der Waals surface area contributed by atoms with E-state index in [1.165, 1.54) is 14.2 Å². The zero-order valence-corrected chi connectivity index (χ0v) is 12.3. The molecule has 0 saturated heterocycles. The van der Waals surface area contributed by atoms with Gasteiger partial charge in [0, 0.05) is 12.7 Å². The number of hydrogen-bond acceptors (Lipinski definition) is 6. The van der Waals surface area contributed by atoms with Crippen LogP contribution in [0.5, 0.6) is 0 Å². The first-order chi connectivity index (χ1) is 10.1. The molecule has 1 aromatic rings. The van der Waals surface area contributed by atoms with E-state index in [0.717, 1.165) is 5.69 Å². The number of rotatable bonds is 4. The van der Waals surface area contributed by atoms with Gasteiger partial charge in [-0.2, -0.15) is 5.01 Å². The van der Waals surface area contributed by atoms with Crippen molar-refractivity contribution in [2.24, 2.45) is 0 Å². The molecule has 1 aromatic carbocycles. The number of carbonyl (C=O) groups is 2. The van der Waals surface area contributed by atoms with Gasteiger partial charge in [0.1, 0.15) is 0 Å². The number of likely N-dealkylation sites (N-methyl/N-ethyl adjacent to an activating group) is 1. The summed E-state index contributed by atoms with van der Waals surface area (Å²) in [7, 11) is 2.59. The Morgan fingerprint density at radius 2 is 1.81 bits per heavy atom. The molecule has 0 spiro atoms. The summed E-state index contributed by atoms with van der Waals surface area (Å²) in [6.45, 7) is 2.44. The van der Waals surface area contributed by atoms with Crippen molar-refractivity contribution in [3.05, 3.63) is 42.1 Å². The van der Waals surface area contributed by atoms with Gasteiger partial charge in [0.2, 0.25) is 0 Å². The van der Waals surface area contributed by atoms with Gasteiger partial charge < -0.3 is 9.47 Å². The van der Waals surface area contributed by atoms with E-state index >= 15 is 0 Å². The van der Waals surface area contributed by atoms with Crippen LogP contribution in [0.25, 0.3) is 0 Å². The molecule has 0 amide bonds. The molecule has 0 aromatic heterocycles. The summed E-state index contributed by atoms with van der Waals surface area (Å²) in [5, 5.41) is 3.53. The molecule has 1 atom stereocenters. The van der Waals surface area contributed by atoms with Crippen LogP contribution >= 0.6 is 0 Å². The molecule has 2 rings (SSSR count). The summed E-state index contributed by atoms with van der Waals surface area (Å²) in [6, 6.07) is 8.67. The Hall–Kier alpha value is -2.34. The van der Waals surface area contributed by atoms with Gasteiger partial charge in [-0.05, 0) is 12.1 Å². The van der Waals surface area contributed by atoms with Crippen LogP contribution in [-0.4, -0.2) is 43.8 Å². The van der Waals surface area contributed by atoms with E-state index in [1.54, 1.807) is 16.2 Å². The second-order valence-electron chi connectivity index (χ2n) is 4.44. The van der Waals surface area contributed by atoms with E-state index in [0.29, 0.717) is 6.54 Å². The lowest BCUT2D eigenvalue weighted by atomic mass is 10.1. The van der Waals surface area contributed by atoms with Crippen LogP contribution in [0.1, 0.15) is 6.92 Å². The molecule has 21 heavy (non-hydrogen) atoms. The van der Waals surface area contributed by atoms with E-state index in [2.05, 4.69) is 0 Å². The molecule has 0 aliphatic carbocycles. The Labute approximate surface area is 123 Å². The van der Waals surface area contributed by atoms with Crippen molar-refractivity contribution in [1.82, 2.24) is 5.01 Å². The predicted octanol–water partition coefficient (Wildman–Crippen LogP) is 1.34. The number of ether oxygens (including phenoxy) is 2. The van der Waals surface area contributed by atoms with Crippen LogP contribution in [0.15, 0.2) is 42.1 Å². The summed E-state index contributed by atoms with van der Waals surface area (Å²) >= 11 is 0. The molecule has 6 nitrogen and oxygen atoms in total. The lowest BCUT2D eigenvalue weighted by Crippen LogP contribution is -2.47. The molecule has 0 bridgehead atoms. The van der Waals surface area contributed by atoms with Crippen LogP contribution in [0.3, 0.4) is 0 Å². The third kappa shape index (κ3) is 2.75. The quantitative estimate of drug-likeness (QED) is 0.780. The zero-order chi connectivity index (χ0) is 15.4. The van der Waals surface area contributed by atoms with E-state index in [9.17, 15) is 9.59 Å². The maximum Gasteiger partial charge on any atom is 0.337 e. The van der Waals surface area contributed by atoms with Crippen LogP contribution < -0.4 is 5.01 Å². The molecular weight excluding hydrogens is 272 g/mol. The summed E-state index contributed by atoms with van der Waals surface area (Å²) in [5.74, 6) is -1.03. The summed E-state index contributed by atoms with van der Waals surface area (Å²) in [5.41, 5.74) is 1.11. The number of anilines is 1. The zero-order valence-electron chi connectivity index (χ0n) is 12.3. The van der Waals surface area contributed by atoms with E-state index < -0.39 is 18.0 Å². The van der Waals surface area contributed by atoms with Crippen molar-refractivity contribution in [2.75, 3.05) is 25.8 Å². The number of hydrogen-bond donors (Lipinski definition) is 0. The van der Waals surface area contributed by atoms with Crippen molar-refractivity contribution in [1.29, 1.82) is 0 Å². The largest absolute Gasteiger partial charge is 0.468 e. The maximum absolute atomic E-state index is 12.1. The van der Waals surface area contributed by atoms with Gasteiger partial charge in [0.15, 0.2) is 6.04 Å². The Kier molecular flexibility index (Phi) is 4.59. The highest BCUT2D eigenvalue weighted by atomic mass is 16.5. The second kappa shape index (κ2) is 6.41. The molecule has 0 N–H and O–H groups in total. The van der Waals surface area contributed by atoms with Gasteiger partial charge in [-0.1, -0.05) is 25.1 Å². The van der Waals surface area contributed by atoms with Crippen LogP contribution in [0, 0.1) is 0 Å². The third-order valence-electron chi connectivity index (χ3n) is 3.32. The minimum atomic E-state index is -0.798. The molecular formula is C15H18N2O4. The van der Waals surface area contributed by atoms with Gasteiger partial charge in [-0.25, -0.2) is 9.59 Å². The Bertz CT molecular complexity index is 556. The molecule has 0 saturated carbocycles. The number of nitrogens with zero attached hydrogens (tertiary/aromatic N) is 2. The maximum atomic E-state index is 12.1. The fourth-order valence-corrected chi connectivity index (χ4v) is 2.34. The molecule has 1 aliphatic rings. The molecule has 0 fully saturated rings. The molecule has 0 radical (unpaired) electrons. The second-order valence-corrected chi connectivity index (χ2v) is 4.44. The van der Waals surface area contributed by atoms with E-state index in [1.807, 2.05) is 37.3 Å². The average Bonchev–Trinajstić information content (AvgIpc) is 2.93. The normalized spacial score (nSPS) is 18.3. The number of benzene rings is 1. The first-order valence-electron chi connectivity index (χ1n) is 6.62. The minimum absolute atomic E-state index is 0.259. The molecule has 1 aliphatic heterocycles.